The molecule has 27 heavy (non-hydrogen) atoms. The van der Waals surface area contributed by atoms with E-state index in [1.165, 1.54) is 0 Å². The molecule has 2 fully saturated rings. The fourth-order valence-corrected chi connectivity index (χ4v) is 5.62. The SMILES string of the molecule is CC(OC(=O)C1CC2CC1C(C(C)(C)O)C2C(C)(C)O)C(F)(F)S(=O)(=O)O. The zero-order valence-electron chi connectivity index (χ0n) is 16.0. The molecular weight excluding hydrogens is 386 g/mol. The molecule has 6 unspecified atom stereocenters. The van der Waals surface area contributed by atoms with Crippen molar-refractivity contribution in [3.05, 3.63) is 0 Å². The highest BCUT2D eigenvalue weighted by atomic mass is 32.2. The monoisotopic (exact) mass is 414 g/mol. The maximum atomic E-state index is 13.7. The zero-order valence-corrected chi connectivity index (χ0v) is 16.8. The fourth-order valence-electron chi connectivity index (χ4n) is 5.15. The number of alkyl halides is 2. The normalized spacial score (nSPS) is 33.2. The van der Waals surface area contributed by atoms with E-state index in [-0.39, 0.29) is 17.8 Å². The summed E-state index contributed by atoms with van der Waals surface area (Å²) in [5.41, 5.74) is -2.31. The zero-order chi connectivity index (χ0) is 21.2. The Morgan fingerprint density at radius 3 is 1.96 bits per heavy atom. The lowest BCUT2D eigenvalue weighted by atomic mass is 9.63. The third-order valence-corrected chi connectivity index (χ3v) is 7.07. The molecule has 10 heteroatoms. The van der Waals surface area contributed by atoms with Crippen LogP contribution >= 0.6 is 0 Å². The van der Waals surface area contributed by atoms with Crippen LogP contribution in [0, 0.1) is 29.6 Å². The summed E-state index contributed by atoms with van der Waals surface area (Å²) < 4.78 is 62.3. The number of aliphatic hydroxyl groups is 2. The quantitative estimate of drug-likeness (QED) is 0.448. The van der Waals surface area contributed by atoms with Gasteiger partial charge in [0.25, 0.3) is 0 Å². The van der Waals surface area contributed by atoms with Gasteiger partial charge in [-0.2, -0.15) is 17.2 Å². The Kier molecular flexibility index (Phi) is 5.49. The Balaban J connectivity index is 2.22. The molecule has 2 saturated carbocycles. The number of carbonyl (C=O) groups is 1. The van der Waals surface area contributed by atoms with Crippen molar-refractivity contribution in [2.75, 3.05) is 0 Å². The number of hydrogen-bond donors (Lipinski definition) is 3. The van der Waals surface area contributed by atoms with Crippen LogP contribution < -0.4 is 0 Å². The van der Waals surface area contributed by atoms with Crippen molar-refractivity contribution in [1.29, 1.82) is 0 Å². The van der Waals surface area contributed by atoms with E-state index in [2.05, 4.69) is 4.74 Å². The highest BCUT2D eigenvalue weighted by Gasteiger charge is 2.62. The average Bonchev–Trinajstić information content (AvgIpc) is 3.02. The summed E-state index contributed by atoms with van der Waals surface area (Å²) in [5.74, 6) is -2.98. The topological polar surface area (TPSA) is 121 Å². The minimum atomic E-state index is -5.73. The van der Waals surface area contributed by atoms with Crippen molar-refractivity contribution < 1.29 is 41.5 Å². The summed E-state index contributed by atoms with van der Waals surface area (Å²) in [6, 6.07) is 0. The largest absolute Gasteiger partial charge is 0.455 e. The number of fused-ring (bicyclic) bond motifs is 2. The predicted molar refractivity (Wildman–Crippen MR) is 91.3 cm³/mol. The number of rotatable bonds is 6. The minimum Gasteiger partial charge on any atom is -0.455 e. The minimum absolute atomic E-state index is 0.0960. The molecule has 158 valence electrons. The van der Waals surface area contributed by atoms with Crippen molar-refractivity contribution in [2.24, 2.45) is 29.6 Å². The van der Waals surface area contributed by atoms with Gasteiger partial charge in [-0.3, -0.25) is 9.35 Å². The number of hydrogen-bond acceptors (Lipinski definition) is 6. The molecule has 6 atom stereocenters. The molecule has 0 amide bonds. The molecule has 2 bridgehead atoms. The Bertz CT molecular complexity index is 693. The van der Waals surface area contributed by atoms with E-state index in [1.807, 2.05) is 0 Å². The van der Waals surface area contributed by atoms with Crippen LogP contribution in [0.25, 0.3) is 0 Å². The molecular formula is C17H28F2O7S. The second-order valence-corrected chi connectivity index (χ2v) is 10.5. The lowest BCUT2D eigenvalue weighted by Crippen LogP contribution is -2.51. The second kappa shape index (κ2) is 6.60. The van der Waals surface area contributed by atoms with E-state index in [1.54, 1.807) is 27.7 Å². The maximum Gasteiger partial charge on any atom is 0.405 e. The molecule has 0 heterocycles. The molecule has 7 nitrogen and oxygen atoms in total. The lowest BCUT2D eigenvalue weighted by Gasteiger charge is -2.46. The van der Waals surface area contributed by atoms with E-state index < -0.39 is 50.5 Å². The summed E-state index contributed by atoms with van der Waals surface area (Å²) >= 11 is 0. The molecule has 3 N–H and O–H groups in total. The van der Waals surface area contributed by atoms with Gasteiger partial charge < -0.3 is 14.9 Å². The molecule has 2 aliphatic carbocycles. The van der Waals surface area contributed by atoms with Crippen molar-refractivity contribution in [3.63, 3.8) is 0 Å². The summed E-state index contributed by atoms with van der Waals surface area (Å²) in [5, 5.41) is 16.5. The second-order valence-electron chi connectivity index (χ2n) is 8.98. The molecule has 0 aromatic carbocycles. The van der Waals surface area contributed by atoms with Crippen molar-refractivity contribution in [2.45, 2.75) is 70.0 Å². The standard InChI is InChI=1S/C17H28F2O7S/c1-8(17(18,19)27(23,24)25)26-14(20)11-7-9-6-10(11)13(16(4,5)22)12(9)15(2,3)21/h8-13,21-22H,6-7H2,1-5H3,(H,23,24,25). The van der Waals surface area contributed by atoms with Crippen LogP contribution in [0.15, 0.2) is 0 Å². The van der Waals surface area contributed by atoms with E-state index in [0.29, 0.717) is 19.8 Å². The average molecular weight is 414 g/mol. The van der Waals surface area contributed by atoms with Crippen molar-refractivity contribution in [1.82, 2.24) is 0 Å². The molecule has 0 radical (unpaired) electrons. The Labute approximate surface area is 157 Å². The third kappa shape index (κ3) is 3.99. The Morgan fingerprint density at radius 1 is 1.07 bits per heavy atom. The number of carbonyl (C=O) groups excluding carboxylic acids is 1. The first-order valence-corrected chi connectivity index (χ1v) is 10.3. The predicted octanol–water partition coefficient (Wildman–Crippen LogP) is 1.83. The molecule has 0 spiro atoms. The Morgan fingerprint density at radius 2 is 1.56 bits per heavy atom. The molecule has 0 aromatic rings. The van der Waals surface area contributed by atoms with Crippen LogP contribution in [0.5, 0.6) is 0 Å². The molecule has 0 saturated heterocycles. The highest BCUT2D eigenvalue weighted by molar-refractivity contribution is 7.86. The van der Waals surface area contributed by atoms with E-state index >= 15 is 0 Å². The van der Waals surface area contributed by atoms with Crippen molar-refractivity contribution in [3.8, 4) is 0 Å². The van der Waals surface area contributed by atoms with Gasteiger partial charge in [0, 0.05) is 0 Å². The smallest absolute Gasteiger partial charge is 0.405 e. The summed E-state index contributed by atoms with van der Waals surface area (Å²) in [4.78, 5) is 12.5. The highest BCUT2D eigenvalue weighted by Crippen LogP contribution is 2.61. The van der Waals surface area contributed by atoms with E-state index in [0.717, 1.165) is 0 Å². The van der Waals surface area contributed by atoms with Gasteiger partial charge >= 0.3 is 21.3 Å². The van der Waals surface area contributed by atoms with Crippen LogP contribution in [-0.2, 0) is 19.6 Å². The summed E-state index contributed by atoms with van der Waals surface area (Å²) in [7, 11) is -5.73. The van der Waals surface area contributed by atoms with Crippen LogP contribution in [-0.4, -0.2) is 51.7 Å². The van der Waals surface area contributed by atoms with Crippen LogP contribution in [0.4, 0.5) is 8.78 Å². The van der Waals surface area contributed by atoms with Gasteiger partial charge in [0.05, 0.1) is 17.1 Å². The summed E-state index contributed by atoms with van der Waals surface area (Å²) in [6.07, 6.45) is -1.52. The first-order valence-electron chi connectivity index (χ1n) is 8.89. The van der Waals surface area contributed by atoms with Gasteiger partial charge in [-0.05, 0) is 71.1 Å². The van der Waals surface area contributed by atoms with Gasteiger partial charge in [-0.25, -0.2) is 0 Å². The third-order valence-electron chi connectivity index (χ3n) is 6.05. The van der Waals surface area contributed by atoms with Gasteiger partial charge in [-0.15, -0.1) is 0 Å². The fraction of sp³-hybridized carbons (Fsp3) is 0.941. The molecule has 2 rings (SSSR count). The number of ether oxygens (including phenoxy) is 1. The van der Waals surface area contributed by atoms with Gasteiger partial charge in [-0.1, -0.05) is 0 Å². The van der Waals surface area contributed by atoms with Gasteiger partial charge in [0.2, 0.25) is 0 Å². The molecule has 0 aliphatic heterocycles. The number of halogens is 2. The van der Waals surface area contributed by atoms with Crippen LogP contribution in [0.2, 0.25) is 0 Å². The maximum absolute atomic E-state index is 13.7. The van der Waals surface area contributed by atoms with E-state index in [9.17, 15) is 32.2 Å². The molecule has 2 aliphatic rings. The molecule has 0 aromatic heterocycles. The first-order chi connectivity index (χ1) is 11.9. The van der Waals surface area contributed by atoms with Gasteiger partial charge in [0.1, 0.15) is 0 Å². The van der Waals surface area contributed by atoms with E-state index in [4.69, 9.17) is 4.55 Å². The number of esters is 1. The Hall–Kier alpha value is -0.840. The lowest BCUT2D eigenvalue weighted by molar-refractivity contribution is -0.172. The van der Waals surface area contributed by atoms with Crippen LogP contribution in [0.1, 0.15) is 47.5 Å². The van der Waals surface area contributed by atoms with Crippen molar-refractivity contribution >= 4 is 16.1 Å². The van der Waals surface area contributed by atoms with Gasteiger partial charge in [0.15, 0.2) is 6.10 Å². The first kappa shape index (κ1) is 22.4. The summed E-state index contributed by atoms with van der Waals surface area (Å²) in [6.45, 7) is 7.13. The van der Waals surface area contributed by atoms with Crippen LogP contribution in [0.3, 0.4) is 0 Å².